The molecule has 0 unspecified atom stereocenters. The number of amidine groups is 2. The molecule has 5 rings (SSSR count). The Kier molecular flexibility index (Phi) is 5.60. The third-order valence-electron chi connectivity index (χ3n) is 5.55. The number of benzene rings is 2. The third kappa shape index (κ3) is 4.52. The minimum absolute atomic E-state index is 0.135. The van der Waals surface area contributed by atoms with Gasteiger partial charge in [0.15, 0.2) is 11.6 Å². The molecule has 9 nitrogen and oxygen atoms in total. The molecular formula is C26H29N9. The molecule has 0 bridgehead atoms. The van der Waals surface area contributed by atoms with Gasteiger partial charge in [0.2, 0.25) is 0 Å². The maximum Gasteiger partial charge on any atom is 0.154 e. The van der Waals surface area contributed by atoms with Gasteiger partial charge in [-0.05, 0) is 76.2 Å². The first-order valence-corrected chi connectivity index (χ1v) is 11.6. The largest absolute Gasteiger partial charge is 0.383 e. The van der Waals surface area contributed by atoms with E-state index in [1.165, 1.54) is 0 Å². The number of hydrogen-bond acceptors (Lipinski definition) is 4. The molecule has 178 valence electrons. The van der Waals surface area contributed by atoms with Gasteiger partial charge in [0.25, 0.3) is 0 Å². The number of fused-ring (bicyclic) bond motifs is 2. The van der Waals surface area contributed by atoms with Gasteiger partial charge in [-0.3, -0.25) is 9.98 Å². The fourth-order valence-corrected chi connectivity index (χ4v) is 3.97. The number of aliphatic imine (C=N–C) groups is 2. The molecule has 2 aromatic carbocycles. The van der Waals surface area contributed by atoms with Crippen LogP contribution >= 0.6 is 0 Å². The van der Waals surface area contributed by atoms with Crippen LogP contribution in [-0.2, 0) is 0 Å². The van der Waals surface area contributed by atoms with E-state index in [4.69, 9.17) is 21.4 Å². The average Bonchev–Trinajstić information content (AvgIpc) is 3.54. The third-order valence-corrected chi connectivity index (χ3v) is 5.55. The van der Waals surface area contributed by atoms with Crippen molar-refractivity contribution in [2.75, 3.05) is 0 Å². The van der Waals surface area contributed by atoms with Crippen LogP contribution in [0.5, 0.6) is 0 Å². The number of nitrogens with zero attached hydrogens (tertiary/aromatic N) is 4. The molecule has 0 aliphatic rings. The van der Waals surface area contributed by atoms with E-state index >= 15 is 0 Å². The molecule has 0 aliphatic carbocycles. The molecule has 3 heterocycles. The van der Waals surface area contributed by atoms with Gasteiger partial charge < -0.3 is 26.4 Å². The number of nitrogens with two attached hydrogens (primary N) is 2. The van der Waals surface area contributed by atoms with E-state index in [9.17, 15) is 0 Å². The van der Waals surface area contributed by atoms with Gasteiger partial charge in [-0.2, -0.15) is 0 Å². The van der Waals surface area contributed by atoms with Crippen molar-refractivity contribution in [1.29, 1.82) is 0 Å². The van der Waals surface area contributed by atoms with Gasteiger partial charge in [-0.15, -0.1) is 0 Å². The zero-order valence-electron chi connectivity index (χ0n) is 20.2. The van der Waals surface area contributed by atoms with Crippen LogP contribution in [0, 0.1) is 0 Å². The van der Waals surface area contributed by atoms with E-state index in [0.29, 0.717) is 11.7 Å². The number of H-pyrrole nitrogens is 3. The lowest BCUT2D eigenvalue weighted by Gasteiger charge is -2.03. The van der Waals surface area contributed by atoms with E-state index in [0.717, 1.165) is 56.2 Å². The van der Waals surface area contributed by atoms with Crippen molar-refractivity contribution in [3.8, 4) is 23.0 Å². The fraction of sp³-hybridized carbons (Fsp3) is 0.231. The molecule has 35 heavy (non-hydrogen) atoms. The van der Waals surface area contributed by atoms with Crippen molar-refractivity contribution >= 4 is 33.7 Å². The lowest BCUT2D eigenvalue weighted by molar-refractivity contribution is 0.834. The Balaban J connectivity index is 1.44. The van der Waals surface area contributed by atoms with Crippen molar-refractivity contribution < 1.29 is 0 Å². The highest BCUT2D eigenvalue weighted by atomic mass is 15.0. The first-order chi connectivity index (χ1) is 16.8. The van der Waals surface area contributed by atoms with Crippen molar-refractivity contribution in [2.24, 2.45) is 21.5 Å². The Morgan fingerprint density at radius 3 is 1.49 bits per heavy atom. The van der Waals surface area contributed by atoms with E-state index in [1.807, 2.05) is 76.2 Å². The SMILES string of the molecule is CC(C)N=C(N)c1ccc2nc(-c3ccc(-c4nc5ccc(C(N)=NC(C)C)cc5[nH]4)[nH]3)[nH]c2c1. The Morgan fingerprint density at radius 1 is 0.657 bits per heavy atom. The van der Waals surface area contributed by atoms with E-state index in [-0.39, 0.29) is 12.1 Å². The molecule has 0 radical (unpaired) electrons. The van der Waals surface area contributed by atoms with Crippen molar-refractivity contribution in [2.45, 2.75) is 39.8 Å². The number of hydrogen-bond donors (Lipinski definition) is 5. The highest BCUT2D eigenvalue weighted by Gasteiger charge is 2.13. The lowest BCUT2D eigenvalue weighted by Crippen LogP contribution is -2.15. The number of imidazole rings is 2. The normalized spacial score (nSPS) is 13.1. The van der Waals surface area contributed by atoms with Gasteiger partial charge in [0.1, 0.15) is 11.7 Å². The average molecular weight is 468 g/mol. The molecular weight excluding hydrogens is 438 g/mol. The standard InChI is InChI=1S/C26H29N9/c1-13(2)29-23(27)15-5-7-17-21(11-15)34-25(32-17)19-9-10-20(31-19)26-33-18-8-6-16(12-22(18)35-26)24(28)30-14(3)4/h5-14,31H,1-4H3,(H2,27,29)(H2,28,30)(H,32,34)(H,33,35). The molecule has 0 atom stereocenters. The van der Waals surface area contributed by atoms with Crippen LogP contribution in [0.25, 0.3) is 45.1 Å². The summed E-state index contributed by atoms with van der Waals surface area (Å²) in [5, 5.41) is 0. The fourth-order valence-electron chi connectivity index (χ4n) is 3.97. The molecule has 7 N–H and O–H groups in total. The quantitative estimate of drug-likeness (QED) is 0.186. The first kappa shape index (κ1) is 22.4. The molecule has 3 aromatic heterocycles. The van der Waals surface area contributed by atoms with E-state index in [1.54, 1.807) is 0 Å². The molecule has 5 aromatic rings. The van der Waals surface area contributed by atoms with Crippen LogP contribution in [0.15, 0.2) is 58.5 Å². The van der Waals surface area contributed by atoms with Crippen LogP contribution in [0.2, 0.25) is 0 Å². The van der Waals surface area contributed by atoms with Gasteiger partial charge >= 0.3 is 0 Å². The Morgan fingerprint density at radius 2 is 1.09 bits per heavy atom. The van der Waals surface area contributed by atoms with Gasteiger partial charge in [0, 0.05) is 23.2 Å². The zero-order valence-corrected chi connectivity index (χ0v) is 20.2. The molecule has 0 saturated carbocycles. The molecule has 0 aliphatic heterocycles. The summed E-state index contributed by atoms with van der Waals surface area (Å²) in [5.74, 6) is 2.51. The molecule has 0 spiro atoms. The number of nitrogens with one attached hydrogen (secondary N) is 3. The summed E-state index contributed by atoms with van der Waals surface area (Å²) in [5.41, 5.74) is 19.2. The van der Waals surface area contributed by atoms with Crippen LogP contribution < -0.4 is 11.5 Å². The Bertz CT molecular complexity index is 1460. The maximum atomic E-state index is 6.14. The molecule has 0 fully saturated rings. The predicted molar refractivity (Wildman–Crippen MR) is 143 cm³/mol. The summed E-state index contributed by atoms with van der Waals surface area (Å²) in [6.45, 7) is 8.00. The summed E-state index contributed by atoms with van der Waals surface area (Å²) >= 11 is 0. The monoisotopic (exact) mass is 467 g/mol. The maximum absolute atomic E-state index is 6.14. The second-order valence-electron chi connectivity index (χ2n) is 9.14. The Labute approximate surface area is 202 Å². The number of rotatable bonds is 6. The summed E-state index contributed by atoms with van der Waals surface area (Å²) in [7, 11) is 0. The molecule has 0 amide bonds. The first-order valence-electron chi connectivity index (χ1n) is 11.6. The number of aromatic amines is 3. The zero-order chi connectivity index (χ0) is 24.7. The lowest BCUT2D eigenvalue weighted by atomic mass is 10.2. The highest BCUT2D eigenvalue weighted by molar-refractivity contribution is 6.01. The van der Waals surface area contributed by atoms with Crippen molar-refractivity contribution in [3.05, 3.63) is 59.7 Å². The minimum Gasteiger partial charge on any atom is -0.383 e. The van der Waals surface area contributed by atoms with Crippen LogP contribution in [0.1, 0.15) is 38.8 Å². The van der Waals surface area contributed by atoms with Crippen LogP contribution in [0.4, 0.5) is 0 Å². The minimum atomic E-state index is 0.135. The van der Waals surface area contributed by atoms with E-state index < -0.39 is 0 Å². The second kappa shape index (κ2) is 8.75. The van der Waals surface area contributed by atoms with Crippen molar-refractivity contribution in [3.63, 3.8) is 0 Å². The second-order valence-corrected chi connectivity index (χ2v) is 9.14. The number of aromatic nitrogens is 5. The summed E-state index contributed by atoms with van der Waals surface area (Å²) in [6.07, 6.45) is 0. The summed E-state index contributed by atoms with van der Waals surface area (Å²) in [6, 6.07) is 16.0. The predicted octanol–water partition coefficient (Wildman–Crippen LogP) is 4.33. The highest BCUT2D eigenvalue weighted by Crippen LogP contribution is 2.26. The molecule has 9 heteroatoms. The molecule has 0 saturated heterocycles. The van der Waals surface area contributed by atoms with Crippen molar-refractivity contribution in [1.82, 2.24) is 24.9 Å². The van der Waals surface area contributed by atoms with Gasteiger partial charge in [-0.1, -0.05) is 0 Å². The van der Waals surface area contributed by atoms with Gasteiger partial charge in [-0.25, -0.2) is 9.97 Å². The summed E-state index contributed by atoms with van der Waals surface area (Å²) in [4.78, 5) is 28.5. The van der Waals surface area contributed by atoms with Crippen LogP contribution in [-0.4, -0.2) is 48.7 Å². The van der Waals surface area contributed by atoms with E-state index in [2.05, 4.69) is 24.9 Å². The Hall–Kier alpha value is -4.40. The smallest absolute Gasteiger partial charge is 0.154 e. The summed E-state index contributed by atoms with van der Waals surface area (Å²) < 4.78 is 0. The van der Waals surface area contributed by atoms with Crippen LogP contribution in [0.3, 0.4) is 0 Å². The topological polar surface area (TPSA) is 150 Å². The van der Waals surface area contributed by atoms with Gasteiger partial charge in [0.05, 0.1) is 33.5 Å².